The fourth-order valence-electron chi connectivity index (χ4n) is 2.71. The van der Waals surface area contributed by atoms with E-state index in [1.165, 1.54) is 0 Å². The molecule has 2 heterocycles. The molecular weight excluding hydrogens is 362 g/mol. The van der Waals surface area contributed by atoms with Crippen molar-refractivity contribution in [2.75, 3.05) is 19.7 Å². The molecule has 1 aliphatic heterocycles. The molecule has 26 heavy (non-hydrogen) atoms. The van der Waals surface area contributed by atoms with E-state index in [1.54, 1.807) is 29.2 Å². The second kappa shape index (κ2) is 8.29. The molecule has 1 N–H and O–H groups in total. The van der Waals surface area contributed by atoms with Crippen molar-refractivity contribution in [3.63, 3.8) is 0 Å². The smallest absolute Gasteiger partial charge is 0.306 e. The first-order valence-corrected chi connectivity index (χ1v) is 8.59. The van der Waals surface area contributed by atoms with Crippen LogP contribution in [-0.2, 0) is 20.7 Å². The van der Waals surface area contributed by atoms with Gasteiger partial charge in [0.15, 0.2) is 0 Å². The van der Waals surface area contributed by atoms with Crippen molar-refractivity contribution < 1.29 is 24.0 Å². The number of amides is 1. The van der Waals surface area contributed by atoms with Gasteiger partial charge in [-0.1, -0.05) is 16.8 Å². The molecular formula is C17H18ClN3O5. The van der Waals surface area contributed by atoms with E-state index in [2.05, 4.69) is 10.1 Å². The van der Waals surface area contributed by atoms with Crippen LogP contribution in [0.3, 0.4) is 0 Å². The summed E-state index contributed by atoms with van der Waals surface area (Å²) < 4.78 is 10.6. The van der Waals surface area contributed by atoms with E-state index >= 15 is 0 Å². The van der Waals surface area contributed by atoms with Crippen LogP contribution in [0.1, 0.15) is 18.7 Å². The number of nitrogens with zero attached hydrogens (tertiary/aromatic N) is 3. The van der Waals surface area contributed by atoms with Crippen LogP contribution in [0.4, 0.5) is 0 Å². The van der Waals surface area contributed by atoms with Gasteiger partial charge in [0.1, 0.15) is 0 Å². The summed E-state index contributed by atoms with van der Waals surface area (Å²) in [6, 6.07) is 7.06. The SMILES string of the molecule is O=C(O)CC1CN(C(=O)CCc2nc(-c3ccc(Cl)cc3)no2)CCO1. The van der Waals surface area contributed by atoms with Crippen LogP contribution in [0.2, 0.25) is 5.02 Å². The van der Waals surface area contributed by atoms with Gasteiger partial charge >= 0.3 is 5.97 Å². The topological polar surface area (TPSA) is 106 Å². The molecule has 1 fully saturated rings. The Morgan fingerprint density at radius 1 is 1.31 bits per heavy atom. The molecule has 9 heteroatoms. The van der Waals surface area contributed by atoms with E-state index in [4.69, 9.17) is 26.0 Å². The number of benzene rings is 1. The summed E-state index contributed by atoms with van der Waals surface area (Å²) in [4.78, 5) is 29.0. The van der Waals surface area contributed by atoms with Gasteiger partial charge in [0.2, 0.25) is 17.6 Å². The van der Waals surface area contributed by atoms with Crippen LogP contribution >= 0.6 is 11.6 Å². The Kier molecular flexibility index (Phi) is 5.85. The first-order chi connectivity index (χ1) is 12.5. The average Bonchev–Trinajstić information content (AvgIpc) is 3.09. The number of rotatable bonds is 6. The monoisotopic (exact) mass is 379 g/mol. The van der Waals surface area contributed by atoms with Crippen molar-refractivity contribution in [1.82, 2.24) is 15.0 Å². The number of ether oxygens (including phenoxy) is 1. The van der Waals surface area contributed by atoms with Gasteiger partial charge in [-0.3, -0.25) is 9.59 Å². The highest BCUT2D eigenvalue weighted by Crippen LogP contribution is 2.19. The lowest BCUT2D eigenvalue weighted by Gasteiger charge is -2.32. The van der Waals surface area contributed by atoms with Gasteiger partial charge in [0.25, 0.3) is 0 Å². The summed E-state index contributed by atoms with van der Waals surface area (Å²) >= 11 is 5.85. The maximum Gasteiger partial charge on any atom is 0.306 e. The molecule has 0 saturated carbocycles. The van der Waals surface area contributed by atoms with E-state index in [-0.39, 0.29) is 25.3 Å². The van der Waals surface area contributed by atoms with Crippen LogP contribution in [0.5, 0.6) is 0 Å². The molecule has 2 aromatic rings. The molecule has 1 saturated heterocycles. The normalized spacial score (nSPS) is 17.3. The number of halogens is 1. The Morgan fingerprint density at radius 3 is 2.81 bits per heavy atom. The van der Waals surface area contributed by atoms with Gasteiger partial charge in [0, 0.05) is 36.5 Å². The number of aliphatic carboxylic acids is 1. The highest BCUT2D eigenvalue weighted by atomic mass is 35.5. The minimum Gasteiger partial charge on any atom is -0.481 e. The highest BCUT2D eigenvalue weighted by Gasteiger charge is 2.26. The lowest BCUT2D eigenvalue weighted by atomic mass is 10.2. The Balaban J connectivity index is 1.53. The van der Waals surface area contributed by atoms with Crippen LogP contribution < -0.4 is 0 Å². The summed E-state index contributed by atoms with van der Waals surface area (Å²) in [5, 5.41) is 13.4. The Labute approximate surface area is 154 Å². The predicted octanol–water partition coefficient (Wildman–Crippen LogP) is 2.02. The number of carbonyl (C=O) groups excluding carboxylic acids is 1. The largest absolute Gasteiger partial charge is 0.481 e. The lowest BCUT2D eigenvalue weighted by Crippen LogP contribution is -2.46. The Bertz CT molecular complexity index is 777. The van der Waals surface area contributed by atoms with Crippen molar-refractivity contribution in [2.24, 2.45) is 0 Å². The molecule has 1 aromatic heterocycles. The molecule has 138 valence electrons. The van der Waals surface area contributed by atoms with Gasteiger partial charge < -0.3 is 19.3 Å². The summed E-state index contributed by atoms with van der Waals surface area (Å²) in [7, 11) is 0. The van der Waals surface area contributed by atoms with E-state index in [0.717, 1.165) is 5.56 Å². The molecule has 3 rings (SSSR count). The number of carbonyl (C=O) groups is 2. The van der Waals surface area contributed by atoms with Crippen molar-refractivity contribution >= 4 is 23.5 Å². The fourth-order valence-corrected chi connectivity index (χ4v) is 2.83. The van der Waals surface area contributed by atoms with Gasteiger partial charge in [-0.2, -0.15) is 4.98 Å². The minimum atomic E-state index is -0.940. The summed E-state index contributed by atoms with van der Waals surface area (Å²) in [6.45, 7) is 1.07. The second-order valence-electron chi connectivity index (χ2n) is 5.95. The van der Waals surface area contributed by atoms with Gasteiger partial charge in [-0.25, -0.2) is 0 Å². The van der Waals surface area contributed by atoms with Crippen molar-refractivity contribution in [3.8, 4) is 11.4 Å². The number of morpholine rings is 1. The number of carboxylic acid groups (broad SMARTS) is 1. The Hall–Kier alpha value is -2.45. The van der Waals surface area contributed by atoms with E-state index in [0.29, 0.717) is 36.3 Å². The van der Waals surface area contributed by atoms with Crippen molar-refractivity contribution in [2.45, 2.75) is 25.4 Å². The van der Waals surface area contributed by atoms with Crippen molar-refractivity contribution in [3.05, 3.63) is 35.2 Å². The lowest BCUT2D eigenvalue weighted by molar-refractivity contribution is -0.147. The zero-order valence-electron chi connectivity index (χ0n) is 13.9. The first-order valence-electron chi connectivity index (χ1n) is 8.21. The molecule has 0 radical (unpaired) electrons. The zero-order valence-corrected chi connectivity index (χ0v) is 14.7. The maximum atomic E-state index is 12.3. The Morgan fingerprint density at radius 2 is 2.08 bits per heavy atom. The molecule has 0 aliphatic carbocycles. The number of aromatic nitrogens is 2. The summed E-state index contributed by atoms with van der Waals surface area (Å²) in [5.74, 6) is -0.213. The minimum absolute atomic E-state index is 0.0880. The standard InChI is InChI=1S/C17H18ClN3O5/c18-12-3-1-11(2-4-12)17-19-14(26-20-17)5-6-15(22)21-7-8-25-13(10-21)9-16(23)24/h1-4,13H,5-10H2,(H,23,24). The molecule has 1 aromatic carbocycles. The van der Waals surface area contributed by atoms with E-state index < -0.39 is 12.1 Å². The maximum absolute atomic E-state index is 12.3. The number of aryl methyl sites for hydroxylation is 1. The van der Waals surface area contributed by atoms with Crippen LogP contribution in [-0.4, -0.2) is 57.8 Å². The summed E-state index contributed by atoms with van der Waals surface area (Å²) in [5.41, 5.74) is 0.778. The van der Waals surface area contributed by atoms with Crippen LogP contribution in [0, 0.1) is 0 Å². The number of hydrogen-bond acceptors (Lipinski definition) is 6. The molecule has 1 unspecified atom stereocenters. The molecule has 1 amide bonds. The third-order valence-corrected chi connectivity index (χ3v) is 4.27. The van der Waals surface area contributed by atoms with Crippen molar-refractivity contribution in [1.29, 1.82) is 0 Å². The van der Waals surface area contributed by atoms with Crippen LogP contribution in [0.15, 0.2) is 28.8 Å². The summed E-state index contributed by atoms with van der Waals surface area (Å²) in [6.07, 6.45) is -0.0505. The number of carboxylic acids is 1. The van der Waals surface area contributed by atoms with Crippen LogP contribution in [0.25, 0.3) is 11.4 Å². The van der Waals surface area contributed by atoms with Gasteiger partial charge in [0.05, 0.1) is 19.1 Å². The van der Waals surface area contributed by atoms with Gasteiger partial charge in [-0.05, 0) is 24.3 Å². The highest BCUT2D eigenvalue weighted by molar-refractivity contribution is 6.30. The molecule has 1 aliphatic rings. The quantitative estimate of drug-likeness (QED) is 0.818. The van der Waals surface area contributed by atoms with E-state index in [1.807, 2.05) is 0 Å². The third kappa shape index (κ3) is 4.80. The first kappa shape index (κ1) is 18.3. The second-order valence-corrected chi connectivity index (χ2v) is 6.39. The van der Waals surface area contributed by atoms with E-state index in [9.17, 15) is 9.59 Å². The average molecular weight is 380 g/mol. The third-order valence-electron chi connectivity index (χ3n) is 4.02. The van der Waals surface area contributed by atoms with Gasteiger partial charge in [-0.15, -0.1) is 0 Å². The predicted molar refractivity (Wildman–Crippen MR) is 91.6 cm³/mol. The zero-order chi connectivity index (χ0) is 18.5. The molecule has 1 atom stereocenters. The molecule has 0 spiro atoms. The fraction of sp³-hybridized carbons (Fsp3) is 0.412. The number of hydrogen-bond donors (Lipinski definition) is 1. The molecule has 8 nitrogen and oxygen atoms in total. The molecule has 0 bridgehead atoms.